The van der Waals surface area contributed by atoms with Gasteiger partial charge < -0.3 is 14.5 Å². The molecule has 0 unspecified atom stereocenters. The first kappa shape index (κ1) is 11.7. The number of piperidine rings is 1. The second-order valence-corrected chi connectivity index (χ2v) is 4.46. The zero-order chi connectivity index (χ0) is 11.2. The van der Waals surface area contributed by atoms with Gasteiger partial charge in [-0.05, 0) is 44.9 Å². The van der Waals surface area contributed by atoms with Gasteiger partial charge in [0.2, 0.25) is 0 Å². The number of nitrogens with one attached hydrogen (secondary N) is 1. The lowest BCUT2D eigenvalue weighted by molar-refractivity contribution is 0.0433. The Morgan fingerprint density at radius 3 is 3.19 bits per heavy atom. The molecule has 3 heteroatoms. The highest BCUT2D eigenvalue weighted by Crippen LogP contribution is 2.18. The Balaban J connectivity index is 1.63. The van der Waals surface area contributed by atoms with Crippen LogP contribution in [-0.2, 0) is 4.74 Å². The molecule has 0 saturated carbocycles. The van der Waals surface area contributed by atoms with Crippen molar-refractivity contribution in [1.29, 1.82) is 0 Å². The third-order valence-corrected chi connectivity index (χ3v) is 3.19. The van der Waals surface area contributed by atoms with Gasteiger partial charge in [0.15, 0.2) is 0 Å². The van der Waals surface area contributed by atoms with Crippen molar-refractivity contribution in [2.45, 2.75) is 44.8 Å². The van der Waals surface area contributed by atoms with Crippen molar-refractivity contribution in [3.63, 3.8) is 0 Å². The second kappa shape index (κ2) is 6.06. The van der Waals surface area contributed by atoms with E-state index in [9.17, 15) is 0 Å². The molecule has 1 aromatic rings. The predicted octanol–water partition coefficient (Wildman–Crippen LogP) is 2.89. The summed E-state index contributed by atoms with van der Waals surface area (Å²) in [5, 5.41) is 3.52. The molecule has 1 N–H and O–H groups in total. The molecule has 0 aliphatic carbocycles. The van der Waals surface area contributed by atoms with Gasteiger partial charge in [0.1, 0.15) is 11.9 Å². The van der Waals surface area contributed by atoms with Crippen LogP contribution in [0.5, 0.6) is 0 Å². The first-order chi connectivity index (χ1) is 7.86. The lowest BCUT2D eigenvalue weighted by atomic mass is 10.0. The molecule has 1 aliphatic rings. The molecule has 1 saturated heterocycles. The van der Waals surface area contributed by atoms with E-state index >= 15 is 0 Å². The third-order valence-electron chi connectivity index (χ3n) is 3.19. The van der Waals surface area contributed by atoms with Gasteiger partial charge in [-0.15, -0.1) is 0 Å². The van der Waals surface area contributed by atoms with Gasteiger partial charge in [0.25, 0.3) is 0 Å². The van der Waals surface area contributed by atoms with Crippen LogP contribution in [0.1, 0.15) is 44.5 Å². The topological polar surface area (TPSA) is 34.4 Å². The normalized spacial score (nSPS) is 23.2. The number of ether oxygens (including phenoxy) is 1. The van der Waals surface area contributed by atoms with Crippen molar-refractivity contribution in [3.8, 4) is 0 Å². The standard InChI is InChI=1S/C13H21NO2/c1-11(13-6-4-9-16-13)15-10-7-12-5-2-3-8-14-12/h4,6,9,11-12,14H,2-3,5,7-8,10H2,1H3/t11-,12-/m1/s1. The van der Waals surface area contributed by atoms with Crippen LogP contribution in [0.3, 0.4) is 0 Å². The van der Waals surface area contributed by atoms with Gasteiger partial charge >= 0.3 is 0 Å². The van der Waals surface area contributed by atoms with Gasteiger partial charge in [-0.1, -0.05) is 6.42 Å². The van der Waals surface area contributed by atoms with E-state index in [1.807, 2.05) is 19.1 Å². The van der Waals surface area contributed by atoms with E-state index in [0.29, 0.717) is 6.04 Å². The summed E-state index contributed by atoms with van der Waals surface area (Å²) < 4.78 is 11.1. The quantitative estimate of drug-likeness (QED) is 0.833. The summed E-state index contributed by atoms with van der Waals surface area (Å²) in [6.45, 7) is 4.01. The van der Waals surface area contributed by atoms with E-state index in [2.05, 4.69) is 5.32 Å². The molecule has 0 bridgehead atoms. The molecule has 1 aromatic heterocycles. The van der Waals surface area contributed by atoms with E-state index < -0.39 is 0 Å². The number of rotatable bonds is 5. The van der Waals surface area contributed by atoms with Crippen LogP contribution in [0, 0.1) is 0 Å². The summed E-state index contributed by atoms with van der Waals surface area (Å²) in [4.78, 5) is 0. The Bertz CT molecular complexity index is 278. The number of furan rings is 1. The molecular formula is C13H21NO2. The first-order valence-electron chi connectivity index (χ1n) is 6.24. The summed E-state index contributed by atoms with van der Waals surface area (Å²) in [5.41, 5.74) is 0. The molecule has 2 rings (SSSR count). The van der Waals surface area contributed by atoms with Crippen molar-refractivity contribution in [1.82, 2.24) is 5.32 Å². The highest BCUT2D eigenvalue weighted by Gasteiger charge is 2.13. The highest BCUT2D eigenvalue weighted by molar-refractivity contribution is 5.00. The molecule has 0 spiro atoms. The zero-order valence-corrected chi connectivity index (χ0v) is 9.95. The monoisotopic (exact) mass is 223 g/mol. The van der Waals surface area contributed by atoms with Crippen molar-refractivity contribution in [2.75, 3.05) is 13.2 Å². The summed E-state index contributed by atoms with van der Waals surface area (Å²) in [7, 11) is 0. The zero-order valence-electron chi connectivity index (χ0n) is 9.95. The molecular weight excluding hydrogens is 202 g/mol. The maximum absolute atomic E-state index is 5.76. The maximum Gasteiger partial charge on any atom is 0.132 e. The maximum atomic E-state index is 5.76. The van der Waals surface area contributed by atoms with E-state index in [1.54, 1.807) is 6.26 Å². The van der Waals surface area contributed by atoms with Crippen LogP contribution in [0.15, 0.2) is 22.8 Å². The van der Waals surface area contributed by atoms with Crippen molar-refractivity contribution in [2.24, 2.45) is 0 Å². The van der Waals surface area contributed by atoms with Crippen LogP contribution in [0.2, 0.25) is 0 Å². The Labute approximate surface area is 97.2 Å². The predicted molar refractivity (Wildman–Crippen MR) is 63.3 cm³/mol. The molecule has 3 nitrogen and oxygen atoms in total. The summed E-state index contributed by atoms with van der Waals surface area (Å²) in [6, 6.07) is 4.51. The smallest absolute Gasteiger partial charge is 0.132 e. The molecule has 16 heavy (non-hydrogen) atoms. The fourth-order valence-corrected chi connectivity index (χ4v) is 2.16. The Morgan fingerprint density at radius 1 is 1.56 bits per heavy atom. The molecule has 1 fully saturated rings. The number of hydrogen-bond donors (Lipinski definition) is 1. The van der Waals surface area contributed by atoms with Crippen molar-refractivity contribution >= 4 is 0 Å². The molecule has 0 aromatic carbocycles. The van der Waals surface area contributed by atoms with E-state index in [0.717, 1.165) is 18.8 Å². The third kappa shape index (κ3) is 3.35. The van der Waals surface area contributed by atoms with Gasteiger partial charge in [-0.3, -0.25) is 0 Å². The largest absolute Gasteiger partial charge is 0.467 e. The fraction of sp³-hybridized carbons (Fsp3) is 0.692. The Kier molecular flexibility index (Phi) is 4.43. The molecule has 2 heterocycles. The van der Waals surface area contributed by atoms with Crippen LogP contribution in [0.25, 0.3) is 0 Å². The van der Waals surface area contributed by atoms with Gasteiger partial charge in [0.05, 0.1) is 6.26 Å². The van der Waals surface area contributed by atoms with Crippen molar-refractivity contribution in [3.05, 3.63) is 24.2 Å². The second-order valence-electron chi connectivity index (χ2n) is 4.46. The fourth-order valence-electron chi connectivity index (χ4n) is 2.16. The average Bonchev–Trinajstić information content (AvgIpc) is 2.84. The molecule has 0 amide bonds. The Morgan fingerprint density at radius 2 is 2.50 bits per heavy atom. The van der Waals surface area contributed by atoms with Crippen LogP contribution in [-0.4, -0.2) is 19.2 Å². The van der Waals surface area contributed by atoms with Crippen LogP contribution < -0.4 is 5.32 Å². The molecule has 2 atom stereocenters. The molecule has 90 valence electrons. The number of hydrogen-bond acceptors (Lipinski definition) is 3. The first-order valence-corrected chi connectivity index (χ1v) is 6.24. The molecule has 0 radical (unpaired) electrons. The molecule has 1 aliphatic heterocycles. The minimum absolute atomic E-state index is 0.0681. The summed E-state index contributed by atoms with van der Waals surface area (Å²) in [6.07, 6.45) is 6.83. The van der Waals surface area contributed by atoms with Crippen molar-refractivity contribution < 1.29 is 9.15 Å². The lowest BCUT2D eigenvalue weighted by Gasteiger charge is -2.23. The lowest BCUT2D eigenvalue weighted by Crippen LogP contribution is -2.34. The summed E-state index contributed by atoms with van der Waals surface area (Å²) in [5.74, 6) is 0.914. The van der Waals surface area contributed by atoms with E-state index in [1.165, 1.54) is 25.8 Å². The SMILES string of the molecule is C[C@@H](OCC[C@H]1CCCCN1)c1ccco1. The van der Waals surface area contributed by atoms with Gasteiger partial charge in [-0.2, -0.15) is 0 Å². The van der Waals surface area contributed by atoms with E-state index in [4.69, 9.17) is 9.15 Å². The van der Waals surface area contributed by atoms with E-state index in [-0.39, 0.29) is 6.10 Å². The minimum Gasteiger partial charge on any atom is -0.467 e. The van der Waals surface area contributed by atoms with Crippen LogP contribution in [0.4, 0.5) is 0 Å². The van der Waals surface area contributed by atoms with Gasteiger partial charge in [-0.25, -0.2) is 0 Å². The van der Waals surface area contributed by atoms with Gasteiger partial charge in [0, 0.05) is 12.6 Å². The Hall–Kier alpha value is -0.800. The average molecular weight is 223 g/mol. The van der Waals surface area contributed by atoms with Crippen LogP contribution >= 0.6 is 0 Å². The minimum atomic E-state index is 0.0681. The highest BCUT2D eigenvalue weighted by atomic mass is 16.5. The summed E-state index contributed by atoms with van der Waals surface area (Å²) >= 11 is 0.